The molecule has 2 aromatic carbocycles. The van der Waals surface area contributed by atoms with E-state index in [9.17, 15) is 14.4 Å². The third-order valence-electron chi connectivity index (χ3n) is 5.12. The quantitative estimate of drug-likeness (QED) is 0.431. The summed E-state index contributed by atoms with van der Waals surface area (Å²) in [5, 5.41) is 3.27. The summed E-state index contributed by atoms with van der Waals surface area (Å²) in [5.74, 6) is -0.963. The number of carbonyl (C=O) groups excluding carboxylic acids is 3. The molecule has 3 rings (SSSR count). The van der Waals surface area contributed by atoms with E-state index >= 15 is 0 Å². The van der Waals surface area contributed by atoms with E-state index < -0.39 is 5.97 Å². The highest BCUT2D eigenvalue weighted by molar-refractivity contribution is 7.16. The van der Waals surface area contributed by atoms with Crippen LogP contribution in [0.3, 0.4) is 0 Å². The molecule has 0 saturated heterocycles. The summed E-state index contributed by atoms with van der Waals surface area (Å²) in [6.45, 7) is 7.81. The summed E-state index contributed by atoms with van der Waals surface area (Å²) < 4.78 is 5.11. The predicted octanol–water partition coefficient (Wildman–Crippen LogP) is 5.11. The van der Waals surface area contributed by atoms with E-state index in [-0.39, 0.29) is 30.0 Å². The Hall–Kier alpha value is -3.52. The molecule has 2 amide bonds. The number of anilines is 2. The first-order chi connectivity index (χ1) is 16.3. The zero-order valence-electron chi connectivity index (χ0n) is 19.8. The molecule has 0 radical (unpaired) electrons. The van der Waals surface area contributed by atoms with Crippen molar-refractivity contribution >= 4 is 39.9 Å². The second-order valence-electron chi connectivity index (χ2n) is 8.04. The van der Waals surface area contributed by atoms with Crippen molar-refractivity contribution in [2.75, 3.05) is 23.4 Å². The van der Waals surface area contributed by atoms with Crippen molar-refractivity contribution in [3.8, 4) is 0 Å². The fraction of sp³-hybridized carbons (Fsp3) is 0.308. The molecule has 0 saturated carbocycles. The molecule has 0 fully saturated rings. The maximum atomic E-state index is 13.5. The van der Waals surface area contributed by atoms with Gasteiger partial charge in [-0.15, -0.1) is 11.3 Å². The number of benzene rings is 2. The van der Waals surface area contributed by atoms with Gasteiger partial charge in [-0.05, 0) is 50.1 Å². The molecule has 3 aromatic rings. The number of amides is 2. The molecule has 178 valence electrons. The Morgan fingerprint density at radius 1 is 1.06 bits per heavy atom. The lowest BCUT2D eigenvalue weighted by atomic mass is 10.1. The summed E-state index contributed by atoms with van der Waals surface area (Å²) in [6, 6.07) is 16.6. The van der Waals surface area contributed by atoms with Gasteiger partial charge in [0.1, 0.15) is 0 Å². The Morgan fingerprint density at radius 3 is 2.35 bits per heavy atom. The highest BCUT2D eigenvalue weighted by Gasteiger charge is 2.25. The molecule has 0 spiro atoms. The van der Waals surface area contributed by atoms with Crippen molar-refractivity contribution in [2.45, 2.75) is 34.1 Å². The van der Waals surface area contributed by atoms with Crippen LogP contribution in [0.2, 0.25) is 0 Å². The highest BCUT2D eigenvalue weighted by Crippen LogP contribution is 2.28. The zero-order valence-corrected chi connectivity index (χ0v) is 20.6. The second kappa shape index (κ2) is 11.6. The van der Waals surface area contributed by atoms with Gasteiger partial charge in [-0.2, -0.15) is 0 Å². The van der Waals surface area contributed by atoms with E-state index in [0.717, 1.165) is 5.56 Å². The highest BCUT2D eigenvalue weighted by atomic mass is 32.1. The number of aryl methyl sites for hydroxylation is 1. The molecule has 0 unspecified atom stereocenters. The number of thiazole rings is 1. The first-order valence-corrected chi connectivity index (χ1v) is 12.0. The Morgan fingerprint density at radius 2 is 1.74 bits per heavy atom. The second-order valence-corrected chi connectivity index (χ2v) is 9.22. The monoisotopic (exact) mass is 479 g/mol. The first kappa shape index (κ1) is 25.1. The number of hydrogen-bond donors (Lipinski definition) is 1. The van der Waals surface area contributed by atoms with Gasteiger partial charge in [0.2, 0.25) is 5.91 Å². The molecule has 0 atom stereocenters. The minimum Gasteiger partial charge on any atom is -0.461 e. The first-order valence-electron chi connectivity index (χ1n) is 11.2. The van der Waals surface area contributed by atoms with Gasteiger partial charge in [0.15, 0.2) is 10.8 Å². The van der Waals surface area contributed by atoms with Gasteiger partial charge in [0, 0.05) is 28.6 Å². The van der Waals surface area contributed by atoms with Crippen LogP contribution in [-0.4, -0.2) is 35.9 Å². The molecule has 7 nitrogen and oxygen atoms in total. The molecule has 1 N–H and O–H groups in total. The summed E-state index contributed by atoms with van der Waals surface area (Å²) >= 11 is 1.29. The smallest absolute Gasteiger partial charge is 0.358 e. The Bertz CT molecular complexity index is 1140. The third-order valence-corrected chi connectivity index (χ3v) is 6.11. The van der Waals surface area contributed by atoms with Crippen LogP contribution in [0.4, 0.5) is 10.8 Å². The molecule has 0 aliphatic rings. The van der Waals surface area contributed by atoms with Gasteiger partial charge in [0.05, 0.1) is 6.61 Å². The van der Waals surface area contributed by atoms with Crippen molar-refractivity contribution in [1.82, 2.24) is 4.98 Å². The summed E-state index contributed by atoms with van der Waals surface area (Å²) in [5.41, 5.74) is 2.40. The average molecular weight is 480 g/mol. The van der Waals surface area contributed by atoms with Crippen LogP contribution < -0.4 is 10.2 Å². The Labute approximate surface area is 203 Å². The fourth-order valence-corrected chi connectivity index (χ4v) is 4.12. The minimum absolute atomic E-state index is 0.0895. The molecule has 34 heavy (non-hydrogen) atoms. The molecule has 0 aliphatic heterocycles. The van der Waals surface area contributed by atoms with E-state index in [2.05, 4.69) is 10.3 Å². The Kier molecular flexibility index (Phi) is 8.54. The number of carbonyl (C=O) groups is 3. The summed E-state index contributed by atoms with van der Waals surface area (Å²) in [4.78, 5) is 44.5. The van der Waals surface area contributed by atoms with Crippen LogP contribution in [0, 0.1) is 12.8 Å². The van der Waals surface area contributed by atoms with Gasteiger partial charge in [-0.3, -0.25) is 14.5 Å². The van der Waals surface area contributed by atoms with Gasteiger partial charge >= 0.3 is 5.97 Å². The van der Waals surface area contributed by atoms with Crippen LogP contribution in [0.25, 0.3) is 0 Å². The third kappa shape index (κ3) is 6.29. The van der Waals surface area contributed by atoms with E-state index in [0.29, 0.717) is 34.2 Å². The summed E-state index contributed by atoms with van der Waals surface area (Å²) in [7, 11) is 0. The molecule has 0 aliphatic carbocycles. The number of rotatable bonds is 9. The van der Waals surface area contributed by atoms with E-state index in [1.807, 2.05) is 44.2 Å². The number of nitrogens with zero attached hydrogens (tertiary/aromatic N) is 2. The van der Waals surface area contributed by atoms with E-state index in [4.69, 9.17) is 4.74 Å². The largest absolute Gasteiger partial charge is 0.461 e. The van der Waals surface area contributed by atoms with Crippen molar-refractivity contribution in [2.24, 2.45) is 5.92 Å². The zero-order chi connectivity index (χ0) is 24.7. The maximum absolute atomic E-state index is 13.5. The van der Waals surface area contributed by atoms with Gasteiger partial charge in [-0.1, -0.05) is 44.2 Å². The lowest BCUT2D eigenvalue weighted by Crippen LogP contribution is -2.33. The number of nitrogens with one attached hydrogen (secondary N) is 1. The molecule has 1 aromatic heterocycles. The average Bonchev–Trinajstić information content (AvgIpc) is 3.21. The number of ether oxygens (including phenoxy) is 1. The van der Waals surface area contributed by atoms with Crippen molar-refractivity contribution in [3.05, 3.63) is 76.3 Å². The van der Waals surface area contributed by atoms with Crippen LogP contribution in [0.15, 0.2) is 54.6 Å². The van der Waals surface area contributed by atoms with Crippen LogP contribution in [-0.2, 0) is 16.0 Å². The molecular formula is C26H29N3O4S. The van der Waals surface area contributed by atoms with Crippen molar-refractivity contribution < 1.29 is 19.1 Å². The van der Waals surface area contributed by atoms with Crippen LogP contribution in [0.1, 0.15) is 52.1 Å². The Balaban J connectivity index is 1.87. The predicted molar refractivity (Wildman–Crippen MR) is 135 cm³/mol. The molecule has 0 bridgehead atoms. The van der Waals surface area contributed by atoms with Gasteiger partial charge < -0.3 is 10.1 Å². The van der Waals surface area contributed by atoms with E-state index in [1.165, 1.54) is 11.3 Å². The number of hydrogen-bond acceptors (Lipinski definition) is 6. The molecule has 1 heterocycles. The number of esters is 1. The van der Waals surface area contributed by atoms with Crippen LogP contribution in [0.5, 0.6) is 0 Å². The lowest BCUT2D eigenvalue weighted by Gasteiger charge is -2.20. The minimum atomic E-state index is -0.497. The SMILES string of the molecule is CCOC(=O)c1nc(N(CCc2ccccc2)C(=O)c2ccc(NC(=O)C(C)C)cc2)sc1C. The maximum Gasteiger partial charge on any atom is 0.358 e. The van der Waals surface area contributed by atoms with Crippen molar-refractivity contribution in [3.63, 3.8) is 0 Å². The number of aromatic nitrogens is 1. The lowest BCUT2D eigenvalue weighted by molar-refractivity contribution is -0.118. The molecular weight excluding hydrogens is 450 g/mol. The topological polar surface area (TPSA) is 88.6 Å². The standard InChI is InChI=1S/C26H29N3O4S/c1-5-33-25(32)22-18(4)34-26(28-22)29(16-15-19-9-7-6-8-10-19)24(31)20-11-13-21(14-12-20)27-23(30)17(2)3/h6-14,17H,5,15-16H2,1-4H3,(H,27,30). The van der Waals surface area contributed by atoms with Crippen LogP contribution >= 0.6 is 11.3 Å². The summed E-state index contributed by atoms with van der Waals surface area (Å²) in [6.07, 6.45) is 0.627. The normalized spacial score (nSPS) is 10.7. The van der Waals surface area contributed by atoms with Gasteiger partial charge in [-0.25, -0.2) is 9.78 Å². The van der Waals surface area contributed by atoms with E-state index in [1.54, 1.807) is 43.0 Å². The fourth-order valence-electron chi connectivity index (χ4n) is 3.19. The van der Waals surface area contributed by atoms with Crippen molar-refractivity contribution in [1.29, 1.82) is 0 Å². The van der Waals surface area contributed by atoms with Gasteiger partial charge in [0.25, 0.3) is 5.91 Å². The molecule has 8 heteroatoms.